The number of rotatable bonds is 5. The predicted octanol–water partition coefficient (Wildman–Crippen LogP) is 2.58. The van der Waals surface area contributed by atoms with Crippen molar-refractivity contribution < 1.29 is 9.84 Å². The Hall–Kier alpha value is -0.560. The molecule has 20 heavy (non-hydrogen) atoms. The Labute approximate surface area is 123 Å². The van der Waals surface area contributed by atoms with Crippen LogP contribution in [0.3, 0.4) is 0 Å². The lowest BCUT2D eigenvalue weighted by molar-refractivity contribution is -0.0695. The summed E-state index contributed by atoms with van der Waals surface area (Å²) >= 11 is 0. The van der Waals surface area contributed by atoms with Crippen molar-refractivity contribution in [2.45, 2.75) is 69.5 Å². The summed E-state index contributed by atoms with van der Waals surface area (Å²) in [6.45, 7) is 3.32. The minimum absolute atomic E-state index is 0.376. The molecule has 2 fully saturated rings. The minimum Gasteiger partial charge on any atom is -0.389 e. The molecule has 1 N–H and O–H groups in total. The van der Waals surface area contributed by atoms with E-state index in [2.05, 4.69) is 10.8 Å². The van der Waals surface area contributed by atoms with Crippen molar-refractivity contribution in [2.24, 2.45) is 0 Å². The third kappa shape index (κ3) is 4.77. The van der Waals surface area contributed by atoms with E-state index in [0.29, 0.717) is 6.61 Å². The van der Waals surface area contributed by atoms with Gasteiger partial charge >= 0.3 is 0 Å². The molecule has 3 nitrogen and oxygen atoms in total. The maximum atomic E-state index is 10.2. The first-order valence-electron chi connectivity index (χ1n) is 8.26. The zero-order chi connectivity index (χ0) is 14.3. The fourth-order valence-corrected chi connectivity index (χ4v) is 3.38. The van der Waals surface area contributed by atoms with Crippen LogP contribution >= 0.6 is 0 Å². The van der Waals surface area contributed by atoms with Crippen LogP contribution < -0.4 is 0 Å². The SMILES string of the molecule is C#CC1(OCC(O)CN2CCCCCC2)CCCCC1. The number of hydrogen-bond acceptors (Lipinski definition) is 3. The topological polar surface area (TPSA) is 32.7 Å². The molecule has 1 aliphatic heterocycles. The van der Waals surface area contributed by atoms with Gasteiger partial charge in [-0.3, -0.25) is 0 Å². The van der Waals surface area contributed by atoms with Gasteiger partial charge in [0.05, 0.1) is 12.7 Å². The monoisotopic (exact) mass is 279 g/mol. The van der Waals surface area contributed by atoms with Gasteiger partial charge in [-0.25, -0.2) is 0 Å². The van der Waals surface area contributed by atoms with Crippen LogP contribution in [0.2, 0.25) is 0 Å². The molecule has 0 aromatic rings. The number of likely N-dealkylation sites (tertiary alicyclic amines) is 1. The van der Waals surface area contributed by atoms with Crippen LogP contribution in [0.4, 0.5) is 0 Å². The zero-order valence-electron chi connectivity index (χ0n) is 12.6. The summed E-state index contributed by atoms with van der Waals surface area (Å²) in [7, 11) is 0. The average Bonchev–Trinajstić information content (AvgIpc) is 2.75. The molecule has 0 spiro atoms. The molecule has 1 atom stereocenters. The first kappa shape index (κ1) is 15.8. The van der Waals surface area contributed by atoms with Gasteiger partial charge in [-0.05, 0) is 51.6 Å². The van der Waals surface area contributed by atoms with E-state index >= 15 is 0 Å². The molecule has 0 radical (unpaired) electrons. The van der Waals surface area contributed by atoms with E-state index in [0.717, 1.165) is 45.3 Å². The maximum Gasteiger partial charge on any atom is 0.128 e. The summed E-state index contributed by atoms with van der Waals surface area (Å²) in [6, 6.07) is 0. The molecule has 1 heterocycles. The fourth-order valence-electron chi connectivity index (χ4n) is 3.38. The normalized spacial score (nSPS) is 25.6. The van der Waals surface area contributed by atoms with Crippen LogP contribution in [0.5, 0.6) is 0 Å². The smallest absolute Gasteiger partial charge is 0.128 e. The van der Waals surface area contributed by atoms with Crippen molar-refractivity contribution in [3.63, 3.8) is 0 Å². The van der Waals surface area contributed by atoms with Gasteiger partial charge in [0.2, 0.25) is 0 Å². The molecule has 3 heteroatoms. The van der Waals surface area contributed by atoms with Crippen LogP contribution in [0, 0.1) is 12.3 Å². The van der Waals surface area contributed by atoms with E-state index in [1.165, 1.54) is 32.1 Å². The number of β-amino-alcohol motifs (C(OH)–C–C–N with tert-alkyl or cyclic N) is 1. The van der Waals surface area contributed by atoms with Crippen molar-refractivity contribution in [2.75, 3.05) is 26.2 Å². The number of terminal acetylenes is 1. The molecule has 0 amide bonds. The highest BCUT2D eigenvalue weighted by atomic mass is 16.5. The number of nitrogens with zero attached hydrogens (tertiary/aromatic N) is 1. The van der Waals surface area contributed by atoms with Crippen LogP contribution in [-0.4, -0.2) is 48.0 Å². The fraction of sp³-hybridized carbons (Fsp3) is 0.882. The Morgan fingerprint density at radius 2 is 1.65 bits per heavy atom. The van der Waals surface area contributed by atoms with Gasteiger partial charge in [-0.2, -0.15) is 0 Å². The highest BCUT2D eigenvalue weighted by molar-refractivity contribution is 5.09. The molecule has 2 rings (SSSR count). The maximum absolute atomic E-state index is 10.2. The van der Waals surface area contributed by atoms with Gasteiger partial charge < -0.3 is 14.7 Å². The Morgan fingerprint density at radius 3 is 2.25 bits per heavy atom. The molecule has 1 aliphatic carbocycles. The van der Waals surface area contributed by atoms with E-state index in [-0.39, 0.29) is 0 Å². The van der Waals surface area contributed by atoms with Gasteiger partial charge in [0.25, 0.3) is 0 Å². The summed E-state index contributed by atoms with van der Waals surface area (Å²) in [5, 5.41) is 10.2. The number of hydrogen-bond donors (Lipinski definition) is 1. The molecular formula is C17H29NO2. The molecule has 114 valence electrons. The van der Waals surface area contributed by atoms with Gasteiger partial charge in [-0.1, -0.05) is 25.2 Å². The van der Waals surface area contributed by atoms with Crippen molar-refractivity contribution >= 4 is 0 Å². The second-order valence-electron chi connectivity index (χ2n) is 6.38. The lowest BCUT2D eigenvalue weighted by atomic mass is 9.85. The Morgan fingerprint density at radius 1 is 1.05 bits per heavy atom. The molecule has 0 aromatic heterocycles. The number of aliphatic hydroxyl groups is 1. The molecular weight excluding hydrogens is 250 g/mol. The largest absolute Gasteiger partial charge is 0.389 e. The lowest BCUT2D eigenvalue weighted by Crippen LogP contribution is -2.40. The van der Waals surface area contributed by atoms with Gasteiger partial charge in [-0.15, -0.1) is 6.42 Å². The van der Waals surface area contributed by atoms with Crippen molar-refractivity contribution in [3.8, 4) is 12.3 Å². The number of aliphatic hydroxyl groups excluding tert-OH is 1. The molecule has 1 saturated heterocycles. The van der Waals surface area contributed by atoms with Crippen LogP contribution in [0.25, 0.3) is 0 Å². The van der Waals surface area contributed by atoms with Gasteiger partial charge in [0.15, 0.2) is 0 Å². The summed E-state index contributed by atoms with van der Waals surface area (Å²) in [5.41, 5.74) is -0.405. The van der Waals surface area contributed by atoms with Gasteiger partial charge in [0.1, 0.15) is 5.60 Å². The Kier molecular flexibility index (Phi) is 6.35. The second kappa shape index (κ2) is 8.02. The van der Waals surface area contributed by atoms with Crippen LogP contribution in [-0.2, 0) is 4.74 Å². The summed E-state index contributed by atoms with van der Waals surface area (Å²) in [6.07, 6.45) is 15.8. The van der Waals surface area contributed by atoms with Crippen molar-refractivity contribution in [1.29, 1.82) is 0 Å². The highest BCUT2D eigenvalue weighted by Gasteiger charge is 2.31. The third-order valence-electron chi connectivity index (χ3n) is 4.64. The summed E-state index contributed by atoms with van der Waals surface area (Å²) in [4.78, 5) is 2.37. The first-order valence-corrected chi connectivity index (χ1v) is 8.26. The molecule has 0 bridgehead atoms. The lowest BCUT2D eigenvalue weighted by Gasteiger charge is -2.34. The summed E-state index contributed by atoms with van der Waals surface area (Å²) < 4.78 is 5.94. The van der Waals surface area contributed by atoms with Crippen LogP contribution in [0.15, 0.2) is 0 Å². The van der Waals surface area contributed by atoms with Crippen molar-refractivity contribution in [1.82, 2.24) is 4.90 Å². The van der Waals surface area contributed by atoms with E-state index < -0.39 is 11.7 Å². The van der Waals surface area contributed by atoms with E-state index in [1.807, 2.05) is 0 Å². The van der Waals surface area contributed by atoms with Gasteiger partial charge in [0, 0.05) is 6.54 Å². The van der Waals surface area contributed by atoms with E-state index in [9.17, 15) is 5.11 Å². The predicted molar refractivity (Wildman–Crippen MR) is 81.5 cm³/mol. The van der Waals surface area contributed by atoms with E-state index in [4.69, 9.17) is 11.2 Å². The Balaban J connectivity index is 1.73. The highest BCUT2D eigenvalue weighted by Crippen LogP contribution is 2.31. The van der Waals surface area contributed by atoms with Crippen LogP contribution in [0.1, 0.15) is 57.8 Å². The molecule has 0 aromatic carbocycles. The summed E-state index contributed by atoms with van der Waals surface area (Å²) in [5.74, 6) is 2.84. The minimum atomic E-state index is -0.416. The van der Waals surface area contributed by atoms with E-state index in [1.54, 1.807) is 0 Å². The zero-order valence-corrected chi connectivity index (χ0v) is 12.6. The number of ether oxygens (including phenoxy) is 1. The standard InChI is InChI=1S/C17H29NO2/c1-2-17(10-6-5-7-11-17)20-15-16(19)14-18-12-8-3-4-9-13-18/h1,16,19H,3-15H2. The molecule has 1 unspecified atom stereocenters. The Bertz CT molecular complexity index is 309. The molecule has 2 aliphatic rings. The average molecular weight is 279 g/mol. The molecule has 1 saturated carbocycles. The van der Waals surface area contributed by atoms with Crippen molar-refractivity contribution in [3.05, 3.63) is 0 Å². The quantitative estimate of drug-likeness (QED) is 0.785. The third-order valence-corrected chi connectivity index (χ3v) is 4.64. The first-order chi connectivity index (χ1) is 9.74. The second-order valence-corrected chi connectivity index (χ2v) is 6.38.